The van der Waals surface area contributed by atoms with Crippen LogP contribution in [0.3, 0.4) is 0 Å². The van der Waals surface area contributed by atoms with Crippen molar-refractivity contribution in [3.8, 4) is 11.4 Å². The van der Waals surface area contributed by atoms with Crippen molar-refractivity contribution in [1.29, 1.82) is 0 Å². The number of amides is 1. The lowest BCUT2D eigenvalue weighted by molar-refractivity contribution is 0.0781. The fourth-order valence-corrected chi connectivity index (χ4v) is 2.29. The van der Waals surface area contributed by atoms with Crippen LogP contribution in [-0.4, -0.2) is 41.3 Å². The smallest absolute Gasteiger partial charge is 0.277 e. The number of aryl methyl sites for hydroxylation is 1. The van der Waals surface area contributed by atoms with Gasteiger partial charge in [-0.2, -0.15) is 9.78 Å². The Morgan fingerprint density at radius 1 is 1.29 bits per heavy atom. The van der Waals surface area contributed by atoms with Gasteiger partial charge in [-0.05, 0) is 25.5 Å². The van der Waals surface area contributed by atoms with Crippen LogP contribution in [0.2, 0.25) is 0 Å². The topological polar surface area (TPSA) is 64.4 Å². The third-order valence-corrected chi connectivity index (χ3v) is 3.79. The van der Waals surface area contributed by atoms with E-state index in [1.165, 1.54) is 17.9 Å². The quantitative estimate of drug-likeness (QED) is 0.816. The third-order valence-electron chi connectivity index (χ3n) is 3.79. The minimum Gasteiger partial charge on any atom is -0.494 e. The molecule has 0 fully saturated rings. The van der Waals surface area contributed by atoms with Crippen LogP contribution < -0.4 is 10.3 Å². The summed E-state index contributed by atoms with van der Waals surface area (Å²) < 4.78 is 6.41. The van der Waals surface area contributed by atoms with Crippen LogP contribution >= 0.6 is 0 Å². The second-order valence-electron chi connectivity index (χ2n) is 5.73. The first kappa shape index (κ1) is 17.7. The largest absolute Gasteiger partial charge is 0.494 e. The van der Waals surface area contributed by atoms with Crippen molar-refractivity contribution in [2.75, 3.05) is 20.7 Å². The molecular formula is C18H23N3O3. The maximum atomic E-state index is 12.6. The molecule has 0 radical (unpaired) electrons. The summed E-state index contributed by atoms with van der Waals surface area (Å²) in [7, 11) is 3.15. The molecule has 0 aliphatic rings. The Balaban J connectivity index is 2.47. The molecule has 0 spiro atoms. The molecule has 2 rings (SSSR count). The first-order chi connectivity index (χ1) is 11.5. The summed E-state index contributed by atoms with van der Waals surface area (Å²) >= 11 is 0. The normalized spacial score (nSPS) is 10.5. The molecule has 24 heavy (non-hydrogen) atoms. The van der Waals surface area contributed by atoms with Gasteiger partial charge in [0, 0.05) is 13.6 Å². The molecule has 1 aromatic heterocycles. The zero-order valence-corrected chi connectivity index (χ0v) is 14.6. The average Bonchev–Trinajstić information content (AvgIpc) is 2.59. The number of benzene rings is 1. The maximum Gasteiger partial charge on any atom is 0.277 e. The number of nitrogens with zero attached hydrogens (tertiary/aromatic N) is 3. The second-order valence-corrected chi connectivity index (χ2v) is 5.73. The minimum absolute atomic E-state index is 0.135. The van der Waals surface area contributed by atoms with Crippen molar-refractivity contribution in [1.82, 2.24) is 14.7 Å². The fraction of sp³-hybridized carbons (Fsp3) is 0.389. The van der Waals surface area contributed by atoms with Crippen LogP contribution in [0.1, 0.15) is 35.8 Å². The lowest BCUT2D eigenvalue weighted by atomic mass is 10.2. The van der Waals surface area contributed by atoms with E-state index in [9.17, 15) is 9.59 Å². The predicted octanol–water partition coefficient (Wildman–Crippen LogP) is 2.42. The summed E-state index contributed by atoms with van der Waals surface area (Å²) in [6.07, 6.45) is 1.90. The molecule has 6 nitrogen and oxygen atoms in total. The Hall–Kier alpha value is -2.63. The zero-order valence-electron chi connectivity index (χ0n) is 14.6. The first-order valence-corrected chi connectivity index (χ1v) is 7.98. The van der Waals surface area contributed by atoms with E-state index in [2.05, 4.69) is 12.0 Å². The van der Waals surface area contributed by atoms with E-state index in [-0.39, 0.29) is 22.9 Å². The molecule has 2 aromatic rings. The van der Waals surface area contributed by atoms with Crippen molar-refractivity contribution < 1.29 is 9.53 Å². The highest BCUT2D eigenvalue weighted by Crippen LogP contribution is 2.16. The van der Waals surface area contributed by atoms with E-state index >= 15 is 0 Å². The Bertz CT molecular complexity index is 766. The van der Waals surface area contributed by atoms with Gasteiger partial charge in [-0.3, -0.25) is 9.59 Å². The highest BCUT2D eigenvalue weighted by molar-refractivity contribution is 5.94. The molecule has 1 heterocycles. The molecular weight excluding hydrogens is 306 g/mol. The maximum absolute atomic E-state index is 12.6. The molecule has 0 aliphatic carbocycles. The number of carbonyl (C=O) groups is 1. The van der Waals surface area contributed by atoms with Gasteiger partial charge in [0.25, 0.3) is 11.5 Å². The van der Waals surface area contributed by atoms with Crippen LogP contribution in [0.5, 0.6) is 5.75 Å². The van der Waals surface area contributed by atoms with E-state index in [1.54, 1.807) is 24.1 Å². The fourth-order valence-electron chi connectivity index (χ4n) is 2.29. The molecule has 128 valence electrons. The lowest BCUT2D eigenvalue weighted by Crippen LogP contribution is -2.32. The van der Waals surface area contributed by atoms with Gasteiger partial charge in [0.15, 0.2) is 11.4 Å². The molecule has 6 heteroatoms. The SMILES string of the molecule is CCCCN(C)C(=O)c1nn(-c2ccc(C)cc2)c(=O)cc1OC. The average molecular weight is 329 g/mol. The molecule has 0 saturated carbocycles. The number of hydrogen-bond donors (Lipinski definition) is 0. The van der Waals surface area contributed by atoms with Gasteiger partial charge in [-0.25, -0.2) is 0 Å². The van der Waals surface area contributed by atoms with Gasteiger partial charge in [0.2, 0.25) is 0 Å². The number of aromatic nitrogens is 2. The van der Waals surface area contributed by atoms with Crippen molar-refractivity contribution in [2.24, 2.45) is 0 Å². The number of unbranched alkanes of at least 4 members (excludes halogenated alkanes) is 1. The van der Waals surface area contributed by atoms with Gasteiger partial charge in [0.05, 0.1) is 18.9 Å². The van der Waals surface area contributed by atoms with Gasteiger partial charge in [-0.15, -0.1) is 0 Å². The number of methoxy groups -OCH3 is 1. The van der Waals surface area contributed by atoms with E-state index in [4.69, 9.17) is 4.74 Å². The molecule has 1 amide bonds. The van der Waals surface area contributed by atoms with Crippen LogP contribution in [0.4, 0.5) is 0 Å². The van der Waals surface area contributed by atoms with Gasteiger partial charge in [0.1, 0.15) is 0 Å². The number of hydrogen-bond acceptors (Lipinski definition) is 4. The molecule has 0 unspecified atom stereocenters. The summed E-state index contributed by atoms with van der Waals surface area (Å²) in [5, 5.41) is 4.26. The van der Waals surface area contributed by atoms with Crippen LogP contribution in [-0.2, 0) is 0 Å². The van der Waals surface area contributed by atoms with Gasteiger partial charge >= 0.3 is 0 Å². The Kier molecular flexibility index (Phi) is 5.73. The van der Waals surface area contributed by atoms with Gasteiger partial charge in [-0.1, -0.05) is 31.0 Å². The summed E-state index contributed by atoms with van der Waals surface area (Å²) in [5.41, 5.74) is 1.48. The summed E-state index contributed by atoms with van der Waals surface area (Å²) in [6, 6.07) is 8.68. The highest BCUT2D eigenvalue weighted by atomic mass is 16.5. The second kappa shape index (κ2) is 7.77. The standard InChI is InChI=1S/C18H23N3O3/c1-5-6-11-20(3)18(23)17-15(24-4)12-16(22)21(19-17)14-9-7-13(2)8-10-14/h7-10,12H,5-6,11H2,1-4H3. The monoisotopic (exact) mass is 329 g/mol. The summed E-state index contributed by atoms with van der Waals surface area (Å²) in [5.74, 6) is -0.0714. The van der Waals surface area contributed by atoms with Crippen LogP contribution in [0.15, 0.2) is 35.1 Å². The van der Waals surface area contributed by atoms with Gasteiger partial charge < -0.3 is 9.64 Å². The Morgan fingerprint density at radius 3 is 2.54 bits per heavy atom. The molecule has 1 aromatic carbocycles. The lowest BCUT2D eigenvalue weighted by Gasteiger charge is -2.18. The highest BCUT2D eigenvalue weighted by Gasteiger charge is 2.21. The van der Waals surface area contributed by atoms with Crippen molar-refractivity contribution in [3.05, 3.63) is 51.9 Å². The van der Waals surface area contributed by atoms with E-state index in [0.29, 0.717) is 12.2 Å². The number of rotatable bonds is 6. The third kappa shape index (κ3) is 3.82. The van der Waals surface area contributed by atoms with Crippen LogP contribution in [0, 0.1) is 6.92 Å². The number of ether oxygens (including phenoxy) is 1. The molecule has 0 bridgehead atoms. The first-order valence-electron chi connectivity index (χ1n) is 7.98. The summed E-state index contributed by atoms with van der Waals surface area (Å²) in [6.45, 7) is 4.66. The van der Waals surface area contributed by atoms with Crippen molar-refractivity contribution in [2.45, 2.75) is 26.7 Å². The summed E-state index contributed by atoms with van der Waals surface area (Å²) in [4.78, 5) is 26.5. The van der Waals surface area contributed by atoms with Crippen molar-refractivity contribution >= 4 is 5.91 Å². The number of carbonyl (C=O) groups excluding carboxylic acids is 1. The molecule has 0 aliphatic heterocycles. The molecule has 0 N–H and O–H groups in total. The Labute approximate surface area is 141 Å². The van der Waals surface area contributed by atoms with E-state index < -0.39 is 0 Å². The zero-order chi connectivity index (χ0) is 17.7. The minimum atomic E-state index is -0.344. The Morgan fingerprint density at radius 2 is 1.96 bits per heavy atom. The molecule has 0 saturated heterocycles. The van der Waals surface area contributed by atoms with Crippen molar-refractivity contribution in [3.63, 3.8) is 0 Å². The predicted molar refractivity (Wildman–Crippen MR) is 93.0 cm³/mol. The van der Waals surface area contributed by atoms with E-state index in [1.807, 2.05) is 19.1 Å². The molecule has 0 atom stereocenters. The van der Waals surface area contributed by atoms with E-state index in [0.717, 1.165) is 18.4 Å². The van der Waals surface area contributed by atoms with Crippen LogP contribution in [0.25, 0.3) is 5.69 Å².